The first-order valence-electron chi connectivity index (χ1n) is 10.9. The third-order valence-corrected chi connectivity index (χ3v) is 6.26. The maximum atomic E-state index is 13.7. The molecule has 0 saturated carbocycles. The SMILES string of the molecule is CC(C)(C)OC(=O)N1CCC(c2cccc(Cl)c2OCc2ccc(Cl)c3cc(F)oc23)CC1. The highest BCUT2D eigenvalue weighted by atomic mass is 35.5. The van der Waals surface area contributed by atoms with Crippen LogP contribution in [0.5, 0.6) is 5.75 Å². The average molecular weight is 494 g/mol. The van der Waals surface area contributed by atoms with Crippen molar-refractivity contribution in [3.05, 3.63) is 63.6 Å². The molecule has 1 amide bonds. The van der Waals surface area contributed by atoms with Gasteiger partial charge in [-0.3, -0.25) is 0 Å². The molecule has 1 saturated heterocycles. The summed E-state index contributed by atoms with van der Waals surface area (Å²) in [6.07, 6.45) is 1.25. The molecule has 1 aliphatic rings. The smallest absolute Gasteiger partial charge is 0.410 e. The topological polar surface area (TPSA) is 51.9 Å². The standard InChI is InChI=1S/C25H26Cl2FNO4/c1-25(2,3)33-24(30)29-11-9-15(10-12-29)17-5-4-6-20(27)23(17)31-14-16-7-8-19(26)18-13-21(28)32-22(16)18/h4-8,13,15H,9-12,14H2,1-3H3. The summed E-state index contributed by atoms with van der Waals surface area (Å²) in [6, 6.07) is 9.68. The molecule has 8 heteroatoms. The van der Waals surface area contributed by atoms with Gasteiger partial charge in [-0.15, -0.1) is 0 Å². The van der Waals surface area contributed by atoms with Crippen LogP contribution in [0.1, 0.15) is 50.7 Å². The first-order valence-corrected chi connectivity index (χ1v) is 11.6. The fourth-order valence-corrected chi connectivity index (χ4v) is 4.52. The van der Waals surface area contributed by atoms with Crippen molar-refractivity contribution in [1.82, 2.24) is 4.90 Å². The molecule has 0 spiro atoms. The summed E-state index contributed by atoms with van der Waals surface area (Å²) < 4.78 is 30.5. The summed E-state index contributed by atoms with van der Waals surface area (Å²) >= 11 is 12.7. The van der Waals surface area contributed by atoms with E-state index in [-0.39, 0.29) is 18.6 Å². The van der Waals surface area contributed by atoms with Gasteiger partial charge in [-0.2, -0.15) is 4.39 Å². The van der Waals surface area contributed by atoms with E-state index in [0.717, 1.165) is 18.4 Å². The van der Waals surface area contributed by atoms with Crippen LogP contribution in [0.4, 0.5) is 9.18 Å². The van der Waals surface area contributed by atoms with Crippen LogP contribution < -0.4 is 4.74 Å². The largest absolute Gasteiger partial charge is 0.487 e. The van der Waals surface area contributed by atoms with Crippen molar-refractivity contribution in [3.8, 4) is 5.75 Å². The molecule has 1 aliphatic heterocycles. The van der Waals surface area contributed by atoms with Crippen LogP contribution in [-0.4, -0.2) is 29.7 Å². The summed E-state index contributed by atoms with van der Waals surface area (Å²) in [7, 11) is 0. The van der Waals surface area contributed by atoms with E-state index in [1.54, 1.807) is 23.1 Å². The highest BCUT2D eigenvalue weighted by Crippen LogP contribution is 2.39. The molecule has 33 heavy (non-hydrogen) atoms. The lowest BCUT2D eigenvalue weighted by Gasteiger charge is -2.34. The number of carbonyl (C=O) groups excluding carboxylic acids is 1. The van der Waals surface area contributed by atoms with E-state index >= 15 is 0 Å². The number of carbonyl (C=O) groups is 1. The summed E-state index contributed by atoms with van der Waals surface area (Å²) in [5, 5.41) is 1.42. The van der Waals surface area contributed by atoms with Gasteiger partial charge < -0.3 is 18.8 Å². The van der Waals surface area contributed by atoms with E-state index in [4.69, 9.17) is 37.1 Å². The van der Waals surface area contributed by atoms with Crippen LogP contribution in [0.2, 0.25) is 10.0 Å². The van der Waals surface area contributed by atoms with Crippen LogP contribution in [0.3, 0.4) is 0 Å². The molecule has 0 aliphatic carbocycles. The van der Waals surface area contributed by atoms with Crippen molar-refractivity contribution >= 4 is 40.3 Å². The number of para-hydroxylation sites is 1. The molecule has 2 heterocycles. The Balaban J connectivity index is 1.49. The molecule has 2 aromatic carbocycles. The maximum absolute atomic E-state index is 13.7. The summed E-state index contributed by atoms with van der Waals surface area (Å²) in [4.78, 5) is 14.1. The number of rotatable bonds is 4. The van der Waals surface area contributed by atoms with Crippen LogP contribution in [0, 0.1) is 6.01 Å². The van der Waals surface area contributed by atoms with Crippen molar-refractivity contribution in [2.75, 3.05) is 13.1 Å². The summed E-state index contributed by atoms with van der Waals surface area (Å²) in [5.74, 6) is 0.772. The van der Waals surface area contributed by atoms with Gasteiger partial charge in [0.15, 0.2) is 0 Å². The molecule has 0 bridgehead atoms. The van der Waals surface area contributed by atoms with Crippen LogP contribution >= 0.6 is 23.2 Å². The Morgan fingerprint density at radius 1 is 1.15 bits per heavy atom. The summed E-state index contributed by atoms with van der Waals surface area (Å²) in [5.41, 5.74) is 1.50. The first kappa shape index (κ1) is 23.7. The second-order valence-corrected chi connectivity index (χ2v) is 10.0. The number of benzene rings is 2. The predicted octanol–water partition coefficient (Wildman–Crippen LogP) is 7.57. The second-order valence-electron chi connectivity index (χ2n) is 9.19. The van der Waals surface area contributed by atoms with Gasteiger partial charge >= 0.3 is 6.09 Å². The van der Waals surface area contributed by atoms with Gasteiger partial charge in [0, 0.05) is 30.1 Å². The third kappa shape index (κ3) is 5.39. The number of halogens is 3. The highest BCUT2D eigenvalue weighted by Gasteiger charge is 2.29. The Morgan fingerprint density at radius 2 is 1.88 bits per heavy atom. The Labute approximate surface area is 202 Å². The fourth-order valence-electron chi connectivity index (χ4n) is 4.08. The fraction of sp³-hybridized carbons (Fsp3) is 0.400. The number of piperidine rings is 1. The van der Waals surface area contributed by atoms with E-state index in [2.05, 4.69) is 0 Å². The van der Waals surface area contributed by atoms with Crippen molar-refractivity contribution in [2.45, 2.75) is 51.7 Å². The van der Waals surface area contributed by atoms with Gasteiger partial charge in [0.25, 0.3) is 6.01 Å². The van der Waals surface area contributed by atoms with Gasteiger partial charge in [0.1, 0.15) is 23.5 Å². The average Bonchev–Trinajstić information content (AvgIpc) is 3.15. The van der Waals surface area contributed by atoms with Crippen LogP contribution in [0.15, 0.2) is 40.8 Å². The molecule has 0 unspecified atom stereocenters. The molecule has 1 aromatic heterocycles. The molecule has 0 atom stereocenters. The first-order chi connectivity index (χ1) is 15.6. The zero-order valence-corrected chi connectivity index (χ0v) is 20.3. The number of furan rings is 1. The number of fused-ring (bicyclic) bond motifs is 1. The van der Waals surface area contributed by atoms with E-state index in [9.17, 15) is 9.18 Å². The quantitative estimate of drug-likeness (QED) is 0.375. The number of ether oxygens (including phenoxy) is 2. The van der Waals surface area contributed by atoms with E-state index in [1.165, 1.54) is 6.07 Å². The lowest BCUT2D eigenvalue weighted by molar-refractivity contribution is 0.0204. The molecule has 4 rings (SSSR count). The normalized spacial score (nSPS) is 15.2. The molecule has 176 valence electrons. The lowest BCUT2D eigenvalue weighted by Crippen LogP contribution is -2.41. The number of hydrogen-bond donors (Lipinski definition) is 0. The van der Waals surface area contributed by atoms with Crippen LogP contribution in [0.25, 0.3) is 11.0 Å². The monoisotopic (exact) mass is 493 g/mol. The Hall–Kier alpha value is -2.44. The minimum absolute atomic E-state index is 0.147. The number of hydrogen-bond acceptors (Lipinski definition) is 4. The minimum Gasteiger partial charge on any atom is -0.487 e. The van der Waals surface area contributed by atoms with Gasteiger partial charge in [0.05, 0.1) is 10.0 Å². The van der Waals surface area contributed by atoms with E-state index in [1.807, 2.05) is 32.9 Å². The van der Waals surface area contributed by atoms with Crippen molar-refractivity contribution in [1.29, 1.82) is 0 Å². The number of likely N-dealkylation sites (tertiary alicyclic amines) is 1. The van der Waals surface area contributed by atoms with Gasteiger partial charge in [-0.05, 0) is 57.2 Å². The zero-order chi connectivity index (χ0) is 23.8. The molecule has 0 N–H and O–H groups in total. The lowest BCUT2D eigenvalue weighted by atomic mass is 9.89. The maximum Gasteiger partial charge on any atom is 0.410 e. The van der Waals surface area contributed by atoms with E-state index in [0.29, 0.717) is 45.4 Å². The van der Waals surface area contributed by atoms with Gasteiger partial charge in [0.2, 0.25) is 0 Å². The third-order valence-electron chi connectivity index (χ3n) is 5.64. The van der Waals surface area contributed by atoms with Crippen molar-refractivity contribution in [3.63, 3.8) is 0 Å². The number of nitrogens with zero attached hydrogens (tertiary/aromatic N) is 1. The minimum atomic E-state index is -0.700. The molecular weight excluding hydrogens is 468 g/mol. The van der Waals surface area contributed by atoms with Crippen molar-refractivity contribution < 1.29 is 23.1 Å². The molecular formula is C25H26Cl2FNO4. The highest BCUT2D eigenvalue weighted by molar-refractivity contribution is 6.35. The van der Waals surface area contributed by atoms with Crippen molar-refractivity contribution in [2.24, 2.45) is 0 Å². The Morgan fingerprint density at radius 3 is 2.58 bits per heavy atom. The van der Waals surface area contributed by atoms with Crippen LogP contribution in [-0.2, 0) is 11.3 Å². The molecule has 5 nitrogen and oxygen atoms in total. The van der Waals surface area contributed by atoms with Gasteiger partial charge in [-0.25, -0.2) is 4.79 Å². The van der Waals surface area contributed by atoms with Gasteiger partial charge in [-0.1, -0.05) is 41.4 Å². The predicted molar refractivity (Wildman–Crippen MR) is 127 cm³/mol. The summed E-state index contributed by atoms with van der Waals surface area (Å²) in [6.45, 7) is 6.91. The number of amides is 1. The molecule has 0 radical (unpaired) electrons. The Kier molecular flexibility index (Phi) is 6.78. The Bertz CT molecular complexity index is 1160. The van der Waals surface area contributed by atoms with E-state index < -0.39 is 11.6 Å². The molecule has 3 aromatic rings. The zero-order valence-electron chi connectivity index (χ0n) is 18.8. The molecule has 1 fully saturated rings. The second kappa shape index (κ2) is 9.43.